The van der Waals surface area contributed by atoms with Crippen molar-refractivity contribution in [2.45, 2.75) is 0 Å². The quantitative estimate of drug-likeness (QED) is 0.274. The summed E-state index contributed by atoms with van der Waals surface area (Å²) in [6.45, 7) is 0. The summed E-state index contributed by atoms with van der Waals surface area (Å²) in [6, 6.07) is 10.3. The van der Waals surface area contributed by atoms with Gasteiger partial charge in [0.1, 0.15) is 0 Å². The highest BCUT2D eigenvalue weighted by Crippen LogP contribution is 2.21. The van der Waals surface area contributed by atoms with Gasteiger partial charge in [-0.25, -0.2) is 0 Å². The Kier molecular flexibility index (Phi) is 3.37. The van der Waals surface area contributed by atoms with E-state index in [1.54, 1.807) is 41.0 Å². The third-order valence-corrected chi connectivity index (χ3v) is 2.40. The van der Waals surface area contributed by atoms with Gasteiger partial charge in [-0.15, -0.1) is 5.10 Å². The lowest BCUT2D eigenvalue weighted by Gasteiger charge is -2.07. The third kappa shape index (κ3) is 2.83. The Morgan fingerprint density at radius 1 is 1.11 bits per heavy atom. The first-order valence-electron chi connectivity index (χ1n) is 5.46. The molecule has 0 saturated carbocycles. The number of nitrogens with zero attached hydrogens (tertiary/aromatic N) is 3. The van der Waals surface area contributed by atoms with Gasteiger partial charge in [-0.2, -0.15) is 5.10 Å². The van der Waals surface area contributed by atoms with Crippen LogP contribution in [0.3, 0.4) is 0 Å². The fourth-order valence-electron chi connectivity index (χ4n) is 1.60. The summed E-state index contributed by atoms with van der Waals surface area (Å²) in [5.74, 6) is -0.0537. The first kappa shape index (κ1) is 12.5. The normalized spacial score (nSPS) is 10.7. The number of hydrogen-bond donors (Lipinski definition) is 4. The molecule has 0 aliphatic rings. The maximum atomic E-state index is 9.85. The summed E-state index contributed by atoms with van der Waals surface area (Å²) >= 11 is 0. The predicted molar refractivity (Wildman–Crippen MR) is 75.3 cm³/mol. The molecular weight excluding hydrogens is 244 g/mol. The second-order valence-corrected chi connectivity index (χ2v) is 3.81. The Morgan fingerprint density at radius 2 is 1.79 bits per heavy atom. The molecule has 1 aromatic heterocycles. The number of benzene rings is 1. The molecule has 7 nitrogen and oxygen atoms in total. The second kappa shape index (κ2) is 5.13. The Morgan fingerprint density at radius 3 is 2.42 bits per heavy atom. The van der Waals surface area contributed by atoms with Gasteiger partial charge >= 0.3 is 0 Å². The van der Waals surface area contributed by atoms with E-state index < -0.39 is 0 Å². The average Bonchev–Trinajstić information content (AvgIpc) is 2.72. The molecule has 0 aliphatic carbocycles. The molecule has 2 aromatic rings. The van der Waals surface area contributed by atoms with Crippen molar-refractivity contribution >= 4 is 17.9 Å². The molecule has 0 fully saturated rings. The summed E-state index contributed by atoms with van der Waals surface area (Å²) in [7, 11) is 0. The molecular formula is C12H14N6O. The SMILES string of the molecule is NC(N)=NN=Cc1ccc(O)n1-c1ccc(N)cc1. The van der Waals surface area contributed by atoms with Gasteiger partial charge in [0.2, 0.25) is 5.96 Å². The number of nitrogen functional groups attached to an aromatic ring is 1. The lowest BCUT2D eigenvalue weighted by Crippen LogP contribution is -2.21. The van der Waals surface area contributed by atoms with Crippen LogP contribution in [0.4, 0.5) is 5.69 Å². The Balaban J connectivity index is 2.40. The molecule has 0 atom stereocenters. The van der Waals surface area contributed by atoms with Crippen LogP contribution < -0.4 is 17.2 Å². The van der Waals surface area contributed by atoms with E-state index in [1.165, 1.54) is 6.21 Å². The molecule has 0 aliphatic heterocycles. The van der Waals surface area contributed by atoms with Crippen LogP contribution in [0.25, 0.3) is 5.69 Å². The number of aromatic hydroxyl groups is 1. The number of rotatable bonds is 3. The molecule has 0 unspecified atom stereocenters. The van der Waals surface area contributed by atoms with Crippen molar-refractivity contribution in [3.8, 4) is 11.6 Å². The van der Waals surface area contributed by atoms with E-state index in [4.69, 9.17) is 17.2 Å². The maximum absolute atomic E-state index is 9.85. The Bertz CT molecular complexity index is 622. The van der Waals surface area contributed by atoms with E-state index in [9.17, 15) is 5.11 Å². The van der Waals surface area contributed by atoms with Crippen molar-refractivity contribution in [3.63, 3.8) is 0 Å². The van der Waals surface area contributed by atoms with Gasteiger partial charge in [0.25, 0.3) is 0 Å². The molecule has 7 heteroatoms. The first-order valence-corrected chi connectivity index (χ1v) is 5.46. The van der Waals surface area contributed by atoms with E-state index in [-0.39, 0.29) is 11.8 Å². The summed E-state index contributed by atoms with van der Waals surface area (Å²) < 4.78 is 1.59. The van der Waals surface area contributed by atoms with E-state index in [0.717, 1.165) is 5.69 Å². The molecule has 19 heavy (non-hydrogen) atoms. The largest absolute Gasteiger partial charge is 0.494 e. The fourth-order valence-corrected chi connectivity index (χ4v) is 1.60. The Hall–Kier alpha value is -2.96. The number of aromatic nitrogens is 1. The molecule has 98 valence electrons. The van der Waals surface area contributed by atoms with Gasteiger partial charge in [0.15, 0.2) is 5.88 Å². The number of nitrogens with two attached hydrogens (primary N) is 3. The zero-order chi connectivity index (χ0) is 13.8. The summed E-state index contributed by atoms with van der Waals surface area (Å²) in [4.78, 5) is 0. The van der Waals surface area contributed by atoms with Crippen molar-refractivity contribution in [1.82, 2.24) is 4.57 Å². The van der Waals surface area contributed by atoms with Gasteiger partial charge < -0.3 is 22.3 Å². The van der Waals surface area contributed by atoms with Crippen LogP contribution in [0.1, 0.15) is 5.69 Å². The number of hydrogen-bond acceptors (Lipinski definition) is 4. The molecule has 0 radical (unpaired) electrons. The molecule has 1 aromatic carbocycles. The minimum Gasteiger partial charge on any atom is -0.494 e. The van der Waals surface area contributed by atoms with Crippen molar-refractivity contribution in [2.75, 3.05) is 5.73 Å². The molecule has 2 rings (SSSR count). The van der Waals surface area contributed by atoms with Crippen LogP contribution in [0.5, 0.6) is 5.88 Å². The Labute approximate surface area is 109 Å². The predicted octanol–water partition coefficient (Wildman–Crippen LogP) is 0.372. The molecule has 1 heterocycles. The summed E-state index contributed by atoms with van der Waals surface area (Å²) in [5.41, 5.74) is 18.0. The van der Waals surface area contributed by atoms with Gasteiger partial charge in [-0.1, -0.05) is 0 Å². The van der Waals surface area contributed by atoms with Gasteiger partial charge in [-0.3, -0.25) is 4.57 Å². The van der Waals surface area contributed by atoms with E-state index in [2.05, 4.69) is 10.2 Å². The zero-order valence-electron chi connectivity index (χ0n) is 10.1. The molecule has 0 saturated heterocycles. The number of anilines is 1. The first-order chi connectivity index (χ1) is 9.08. The van der Waals surface area contributed by atoms with Crippen molar-refractivity contribution in [1.29, 1.82) is 0 Å². The second-order valence-electron chi connectivity index (χ2n) is 3.81. The highest BCUT2D eigenvalue weighted by molar-refractivity contribution is 5.81. The smallest absolute Gasteiger partial charge is 0.211 e. The summed E-state index contributed by atoms with van der Waals surface area (Å²) in [6.07, 6.45) is 1.44. The van der Waals surface area contributed by atoms with Crippen molar-refractivity contribution in [3.05, 3.63) is 42.1 Å². The van der Waals surface area contributed by atoms with Crippen LogP contribution in [-0.4, -0.2) is 21.8 Å². The van der Waals surface area contributed by atoms with E-state index >= 15 is 0 Å². The molecule has 0 amide bonds. The monoisotopic (exact) mass is 258 g/mol. The number of guanidine groups is 1. The average molecular weight is 258 g/mol. The topological polar surface area (TPSA) is 128 Å². The van der Waals surface area contributed by atoms with Gasteiger partial charge in [0, 0.05) is 17.4 Å². The molecule has 7 N–H and O–H groups in total. The van der Waals surface area contributed by atoms with Crippen molar-refractivity contribution < 1.29 is 5.11 Å². The standard InChI is InChI=1S/C12H14N6O/c13-8-1-3-9(4-2-8)18-10(5-6-11(18)19)7-16-17-12(14)15/h1-7,19H,13H2,(H4,14,15,17). The highest BCUT2D eigenvalue weighted by Gasteiger charge is 2.07. The van der Waals surface area contributed by atoms with Crippen LogP contribution in [0.2, 0.25) is 0 Å². The minimum atomic E-state index is -0.133. The zero-order valence-corrected chi connectivity index (χ0v) is 10.1. The molecule has 0 bridgehead atoms. The van der Waals surface area contributed by atoms with E-state index in [1.807, 2.05) is 0 Å². The fraction of sp³-hybridized carbons (Fsp3) is 0. The van der Waals surface area contributed by atoms with Gasteiger partial charge in [0.05, 0.1) is 11.9 Å². The maximum Gasteiger partial charge on any atom is 0.211 e. The third-order valence-electron chi connectivity index (χ3n) is 2.40. The lowest BCUT2D eigenvalue weighted by atomic mass is 10.3. The van der Waals surface area contributed by atoms with Crippen LogP contribution in [0.15, 0.2) is 46.6 Å². The lowest BCUT2D eigenvalue weighted by molar-refractivity contribution is 0.442. The minimum absolute atomic E-state index is 0.0796. The highest BCUT2D eigenvalue weighted by atomic mass is 16.3. The van der Waals surface area contributed by atoms with E-state index in [0.29, 0.717) is 11.4 Å². The van der Waals surface area contributed by atoms with Gasteiger partial charge in [-0.05, 0) is 30.3 Å². The summed E-state index contributed by atoms with van der Waals surface area (Å²) in [5, 5.41) is 17.1. The van der Waals surface area contributed by atoms with Crippen LogP contribution in [-0.2, 0) is 0 Å². The van der Waals surface area contributed by atoms with Crippen molar-refractivity contribution in [2.24, 2.45) is 21.7 Å². The van der Waals surface area contributed by atoms with Crippen LogP contribution in [0, 0.1) is 0 Å². The van der Waals surface area contributed by atoms with Crippen LogP contribution >= 0.6 is 0 Å². The molecule has 0 spiro atoms.